The molecule has 0 aliphatic rings. The number of likely N-dealkylation sites (N-methyl/N-ethyl adjacent to an activating group) is 1. The molecule has 0 bridgehead atoms. The lowest BCUT2D eigenvalue weighted by Gasteiger charge is -2.19. The Morgan fingerprint density at radius 2 is 2.13 bits per heavy atom. The van der Waals surface area contributed by atoms with Gasteiger partial charge in [-0.2, -0.15) is 0 Å². The highest BCUT2D eigenvalue weighted by molar-refractivity contribution is 6.03. The van der Waals surface area contributed by atoms with Gasteiger partial charge in [0.15, 0.2) is 0 Å². The number of amides is 1. The minimum Gasteiger partial charge on any atom is -0.309 e. The molecule has 23 heavy (non-hydrogen) atoms. The van der Waals surface area contributed by atoms with Crippen LogP contribution in [0.3, 0.4) is 0 Å². The summed E-state index contributed by atoms with van der Waals surface area (Å²) >= 11 is 0. The van der Waals surface area contributed by atoms with E-state index in [4.69, 9.17) is 0 Å². The van der Waals surface area contributed by atoms with E-state index < -0.39 is 0 Å². The van der Waals surface area contributed by atoms with Crippen molar-refractivity contribution < 1.29 is 4.79 Å². The monoisotopic (exact) mass is 305 g/mol. The number of nitrogens with zero attached hydrogens (tertiary/aromatic N) is 3. The predicted octanol–water partition coefficient (Wildman–Crippen LogP) is 3.71. The van der Waals surface area contributed by atoms with Gasteiger partial charge < -0.3 is 9.30 Å². The van der Waals surface area contributed by atoms with Gasteiger partial charge in [-0.1, -0.05) is 18.2 Å². The first-order chi connectivity index (χ1) is 11.2. The number of benzene rings is 1. The number of aryl methyl sites for hydroxylation is 1. The molecule has 3 aromatic rings. The number of carbonyl (C=O) groups is 1. The molecule has 0 N–H and O–H groups in total. The maximum Gasteiger partial charge on any atom is 0.251 e. The van der Waals surface area contributed by atoms with Gasteiger partial charge in [0.25, 0.3) is 5.91 Å². The van der Waals surface area contributed by atoms with Gasteiger partial charge in [0.05, 0.1) is 11.9 Å². The highest BCUT2D eigenvalue weighted by atomic mass is 16.2. The summed E-state index contributed by atoms with van der Waals surface area (Å²) in [5.41, 5.74) is 3.81. The Labute approximate surface area is 135 Å². The van der Waals surface area contributed by atoms with Gasteiger partial charge in [0.2, 0.25) is 0 Å². The van der Waals surface area contributed by atoms with Gasteiger partial charge in [-0.25, -0.2) is 4.98 Å². The summed E-state index contributed by atoms with van der Waals surface area (Å²) in [6.07, 6.45) is 7.11. The summed E-state index contributed by atoms with van der Waals surface area (Å²) in [4.78, 5) is 18.6. The lowest BCUT2D eigenvalue weighted by molar-refractivity contribution is -0.114. The molecule has 0 aliphatic carbocycles. The van der Waals surface area contributed by atoms with Crippen molar-refractivity contribution in [2.24, 2.45) is 0 Å². The molecule has 0 radical (unpaired) electrons. The zero-order valence-corrected chi connectivity index (χ0v) is 13.3. The third-order valence-corrected chi connectivity index (χ3v) is 3.74. The van der Waals surface area contributed by atoms with Gasteiger partial charge >= 0.3 is 0 Å². The molecule has 0 unspecified atom stereocenters. The van der Waals surface area contributed by atoms with Crippen molar-refractivity contribution in [3.8, 4) is 0 Å². The lowest BCUT2D eigenvalue weighted by atomic mass is 10.2. The van der Waals surface area contributed by atoms with Gasteiger partial charge in [-0.05, 0) is 49.8 Å². The molecule has 1 aromatic carbocycles. The fraction of sp³-hybridized carbons (Fsp3) is 0.158. The van der Waals surface area contributed by atoms with Crippen molar-refractivity contribution in [3.63, 3.8) is 0 Å². The van der Waals surface area contributed by atoms with E-state index in [2.05, 4.69) is 4.98 Å². The van der Waals surface area contributed by atoms with Gasteiger partial charge in [-0.15, -0.1) is 0 Å². The maximum atomic E-state index is 12.5. The number of carbonyl (C=O) groups excluding carboxylic acids is 1. The van der Waals surface area contributed by atoms with Crippen molar-refractivity contribution >= 4 is 23.3 Å². The molecule has 3 rings (SSSR count). The average Bonchev–Trinajstić information content (AvgIpc) is 2.97. The van der Waals surface area contributed by atoms with Crippen LogP contribution >= 0.6 is 0 Å². The predicted molar refractivity (Wildman–Crippen MR) is 93.4 cm³/mol. The van der Waals surface area contributed by atoms with E-state index in [9.17, 15) is 4.79 Å². The second-order valence-electron chi connectivity index (χ2n) is 5.37. The first-order valence-corrected chi connectivity index (χ1v) is 7.67. The topological polar surface area (TPSA) is 37.6 Å². The zero-order valence-electron chi connectivity index (χ0n) is 13.3. The average molecular weight is 305 g/mol. The molecular formula is C19H19N3O. The fourth-order valence-corrected chi connectivity index (χ4v) is 2.58. The third kappa shape index (κ3) is 3.16. The second kappa shape index (κ2) is 6.48. The molecule has 2 aromatic heterocycles. The summed E-state index contributed by atoms with van der Waals surface area (Å²) in [7, 11) is 0. The van der Waals surface area contributed by atoms with Gasteiger partial charge in [-0.3, -0.25) is 4.79 Å². The Bertz CT molecular complexity index is 864. The summed E-state index contributed by atoms with van der Waals surface area (Å²) < 4.78 is 1.95. The number of fused-ring (bicyclic) bond motifs is 1. The van der Waals surface area contributed by atoms with Crippen LogP contribution in [0.15, 0.2) is 60.9 Å². The van der Waals surface area contributed by atoms with E-state index in [-0.39, 0.29) is 5.91 Å². The lowest BCUT2D eigenvalue weighted by Crippen LogP contribution is -2.28. The minimum atomic E-state index is -0.0380. The Morgan fingerprint density at radius 1 is 1.26 bits per heavy atom. The van der Waals surface area contributed by atoms with Crippen molar-refractivity contribution in [2.75, 3.05) is 11.4 Å². The van der Waals surface area contributed by atoms with E-state index in [1.807, 2.05) is 66.9 Å². The van der Waals surface area contributed by atoms with Gasteiger partial charge in [0, 0.05) is 24.5 Å². The molecule has 0 saturated heterocycles. The van der Waals surface area contributed by atoms with Crippen molar-refractivity contribution in [1.82, 2.24) is 9.38 Å². The molecule has 1 amide bonds. The summed E-state index contributed by atoms with van der Waals surface area (Å²) in [5.74, 6) is -0.0380. The van der Waals surface area contributed by atoms with Crippen LogP contribution in [0.25, 0.3) is 11.7 Å². The molecule has 0 atom stereocenters. The molecule has 4 nitrogen and oxygen atoms in total. The largest absolute Gasteiger partial charge is 0.309 e. The van der Waals surface area contributed by atoms with Crippen LogP contribution in [0.1, 0.15) is 18.2 Å². The molecular weight excluding hydrogens is 286 g/mol. The molecule has 2 heterocycles. The number of rotatable bonds is 4. The molecule has 0 saturated carbocycles. The quantitative estimate of drug-likeness (QED) is 0.689. The van der Waals surface area contributed by atoms with E-state index in [1.54, 1.807) is 23.2 Å². The maximum absolute atomic E-state index is 12.5. The van der Waals surface area contributed by atoms with E-state index in [0.717, 1.165) is 22.6 Å². The molecule has 0 aliphatic heterocycles. The Balaban J connectivity index is 1.84. The van der Waals surface area contributed by atoms with Crippen LogP contribution in [0.5, 0.6) is 0 Å². The number of imidazole rings is 1. The number of hydrogen-bond donors (Lipinski definition) is 0. The van der Waals surface area contributed by atoms with Crippen LogP contribution < -0.4 is 4.90 Å². The number of anilines is 1. The van der Waals surface area contributed by atoms with E-state index in [1.165, 1.54) is 0 Å². The zero-order chi connectivity index (χ0) is 16.2. The normalized spacial score (nSPS) is 11.2. The van der Waals surface area contributed by atoms with Crippen LogP contribution in [-0.4, -0.2) is 21.8 Å². The van der Waals surface area contributed by atoms with E-state index >= 15 is 0 Å². The smallest absolute Gasteiger partial charge is 0.251 e. The first kappa shape index (κ1) is 15.0. The van der Waals surface area contributed by atoms with Crippen LogP contribution in [-0.2, 0) is 4.79 Å². The number of pyridine rings is 1. The molecule has 116 valence electrons. The SMILES string of the molecule is CCN(C(=O)/C=C/c1cnc2ccccn12)c1cccc(C)c1. The summed E-state index contributed by atoms with van der Waals surface area (Å²) in [6, 6.07) is 13.8. The van der Waals surface area contributed by atoms with Crippen molar-refractivity contribution in [3.05, 3.63) is 72.2 Å². The highest BCUT2D eigenvalue weighted by Crippen LogP contribution is 2.16. The highest BCUT2D eigenvalue weighted by Gasteiger charge is 2.11. The fourth-order valence-electron chi connectivity index (χ4n) is 2.58. The van der Waals surface area contributed by atoms with Crippen molar-refractivity contribution in [1.29, 1.82) is 0 Å². The molecule has 0 fully saturated rings. The second-order valence-corrected chi connectivity index (χ2v) is 5.37. The third-order valence-electron chi connectivity index (χ3n) is 3.74. The Morgan fingerprint density at radius 3 is 2.91 bits per heavy atom. The summed E-state index contributed by atoms with van der Waals surface area (Å²) in [5, 5.41) is 0. The Hall–Kier alpha value is -2.88. The van der Waals surface area contributed by atoms with Crippen LogP contribution in [0.4, 0.5) is 5.69 Å². The Kier molecular flexibility index (Phi) is 4.24. The first-order valence-electron chi connectivity index (χ1n) is 7.67. The standard InChI is InChI=1S/C19H19N3O/c1-3-21(16-8-6-7-15(2)13-16)19(23)11-10-17-14-20-18-9-4-5-12-22(17)18/h4-14H,3H2,1-2H3/b11-10+. The molecule has 4 heteroatoms. The van der Waals surface area contributed by atoms with Crippen LogP contribution in [0, 0.1) is 6.92 Å². The summed E-state index contributed by atoms with van der Waals surface area (Å²) in [6.45, 7) is 4.62. The molecule has 0 spiro atoms. The number of aromatic nitrogens is 2. The minimum absolute atomic E-state index is 0.0380. The van der Waals surface area contributed by atoms with Gasteiger partial charge in [0.1, 0.15) is 5.65 Å². The van der Waals surface area contributed by atoms with Crippen molar-refractivity contribution in [2.45, 2.75) is 13.8 Å². The van der Waals surface area contributed by atoms with Crippen LogP contribution in [0.2, 0.25) is 0 Å². The van der Waals surface area contributed by atoms with E-state index in [0.29, 0.717) is 6.54 Å². The number of hydrogen-bond acceptors (Lipinski definition) is 2.